The molecule has 0 atom stereocenters. The molecule has 0 bridgehead atoms. The van der Waals surface area contributed by atoms with Crippen LogP contribution in [0, 0.1) is 0 Å². The van der Waals surface area contributed by atoms with E-state index in [9.17, 15) is 0 Å². The average molecular weight is 275 g/mol. The van der Waals surface area contributed by atoms with Gasteiger partial charge in [-0.3, -0.25) is 0 Å². The molecule has 0 aromatic heterocycles. The van der Waals surface area contributed by atoms with Gasteiger partial charge in [0.05, 0.1) is 5.70 Å². The van der Waals surface area contributed by atoms with Crippen LogP contribution in [0.2, 0.25) is 0 Å². The molecule has 0 aromatic carbocycles. The largest absolute Gasteiger partial charge is 0.397 e. The van der Waals surface area contributed by atoms with Crippen LogP contribution in [0.15, 0.2) is 48.4 Å². The quantitative estimate of drug-likeness (QED) is 0.456. The Kier molecular flexibility index (Phi) is 7.81. The van der Waals surface area contributed by atoms with Gasteiger partial charge < -0.3 is 10.7 Å². The second-order valence-electron chi connectivity index (χ2n) is 5.37. The van der Waals surface area contributed by atoms with Gasteiger partial charge >= 0.3 is 0 Å². The SMILES string of the molecule is C=C\C=C/C(=C\C)C(/N)=C/N(N)C1CCCCCCC1. The van der Waals surface area contributed by atoms with Gasteiger partial charge in [0.25, 0.3) is 0 Å². The Morgan fingerprint density at radius 2 is 1.75 bits per heavy atom. The molecule has 3 nitrogen and oxygen atoms in total. The van der Waals surface area contributed by atoms with Gasteiger partial charge in [-0.05, 0) is 25.3 Å². The summed E-state index contributed by atoms with van der Waals surface area (Å²) in [6.45, 7) is 5.64. The van der Waals surface area contributed by atoms with Crippen LogP contribution in [0.4, 0.5) is 0 Å². The predicted octanol–water partition coefficient (Wildman–Crippen LogP) is 3.76. The van der Waals surface area contributed by atoms with E-state index in [0.717, 1.165) is 18.4 Å². The Bertz CT molecular complexity index is 372. The standard InChI is InChI=1S/C17H29N3/c1-3-5-11-15(4-2)17(18)14-20(19)16-12-9-7-6-8-10-13-16/h3-5,11,14,16H,1,6-10,12-13,18-19H2,2H3/b11-5-,15-4+,17-14-. The van der Waals surface area contributed by atoms with Crippen LogP contribution in [0.5, 0.6) is 0 Å². The molecule has 0 spiro atoms. The van der Waals surface area contributed by atoms with Crippen LogP contribution in [0.3, 0.4) is 0 Å². The fourth-order valence-electron chi connectivity index (χ4n) is 2.60. The van der Waals surface area contributed by atoms with Crippen molar-refractivity contribution in [2.75, 3.05) is 0 Å². The molecule has 1 saturated carbocycles. The molecule has 3 heteroatoms. The van der Waals surface area contributed by atoms with E-state index >= 15 is 0 Å². The van der Waals surface area contributed by atoms with Crippen molar-refractivity contribution in [1.82, 2.24) is 5.01 Å². The molecule has 4 N–H and O–H groups in total. The molecule has 1 rings (SSSR count). The molecule has 112 valence electrons. The fraction of sp³-hybridized carbons (Fsp3) is 0.529. The van der Waals surface area contributed by atoms with Crippen molar-refractivity contribution in [3.63, 3.8) is 0 Å². The van der Waals surface area contributed by atoms with E-state index in [1.807, 2.05) is 36.4 Å². The molecule has 0 saturated heterocycles. The Balaban J connectivity index is 2.68. The fourth-order valence-corrected chi connectivity index (χ4v) is 2.60. The second-order valence-corrected chi connectivity index (χ2v) is 5.37. The highest BCUT2D eigenvalue weighted by atomic mass is 15.4. The summed E-state index contributed by atoms with van der Waals surface area (Å²) in [5.41, 5.74) is 7.81. The van der Waals surface area contributed by atoms with E-state index < -0.39 is 0 Å². The lowest BCUT2D eigenvalue weighted by Gasteiger charge is -2.28. The smallest absolute Gasteiger partial charge is 0.0561 e. The summed E-state index contributed by atoms with van der Waals surface area (Å²) in [6.07, 6.45) is 18.3. The predicted molar refractivity (Wildman–Crippen MR) is 87.5 cm³/mol. The highest BCUT2D eigenvalue weighted by Crippen LogP contribution is 2.20. The first kappa shape index (κ1) is 16.6. The van der Waals surface area contributed by atoms with Gasteiger partial charge in [-0.2, -0.15) is 0 Å². The molecule has 1 aliphatic carbocycles. The molecule has 1 aliphatic rings. The summed E-state index contributed by atoms with van der Waals surface area (Å²) in [7, 11) is 0. The third kappa shape index (κ3) is 5.66. The number of nitrogens with two attached hydrogens (primary N) is 2. The molecule has 0 unspecified atom stereocenters. The second kappa shape index (κ2) is 9.43. The van der Waals surface area contributed by atoms with Crippen LogP contribution in [-0.4, -0.2) is 11.1 Å². The Morgan fingerprint density at radius 3 is 2.30 bits per heavy atom. The number of nitrogens with zero attached hydrogens (tertiary/aromatic N) is 1. The first-order valence-electron chi connectivity index (χ1n) is 7.65. The number of hydrazine groups is 1. The molecule has 20 heavy (non-hydrogen) atoms. The average Bonchev–Trinajstić information content (AvgIpc) is 2.38. The van der Waals surface area contributed by atoms with Crippen LogP contribution in [0.25, 0.3) is 0 Å². The Morgan fingerprint density at radius 1 is 1.15 bits per heavy atom. The molecule has 0 heterocycles. The van der Waals surface area contributed by atoms with Crippen molar-refractivity contribution in [1.29, 1.82) is 0 Å². The number of hydrogen-bond acceptors (Lipinski definition) is 3. The first-order valence-corrected chi connectivity index (χ1v) is 7.65. The van der Waals surface area contributed by atoms with Gasteiger partial charge in [0.1, 0.15) is 0 Å². The Labute approximate surface area is 123 Å². The normalized spacial score (nSPS) is 19.7. The third-order valence-corrected chi connectivity index (χ3v) is 3.84. The zero-order valence-electron chi connectivity index (χ0n) is 12.7. The molecule has 0 aliphatic heterocycles. The first-order chi connectivity index (χ1) is 9.69. The van der Waals surface area contributed by atoms with E-state index in [2.05, 4.69) is 6.58 Å². The summed E-state index contributed by atoms with van der Waals surface area (Å²) in [5.74, 6) is 6.20. The lowest BCUT2D eigenvalue weighted by Crippen LogP contribution is -2.38. The van der Waals surface area contributed by atoms with Crippen LogP contribution in [-0.2, 0) is 0 Å². The van der Waals surface area contributed by atoms with E-state index in [0.29, 0.717) is 11.7 Å². The number of hydrogen-bond donors (Lipinski definition) is 2. The monoisotopic (exact) mass is 275 g/mol. The number of allylic oxidation sites excluding steroid dienone is 4. The third-order valence-electron chi connectivity index (χ3n) is 3.84. The van der Waals surface area contributed by atoms with Crippen LogP contribution < -0.4 is 11.6 Å². The summed E-state index contributed by atoms with van der Waals surface area (Å²) in [5, 5.41) is 1.81. The lowest BCUT2D eigenvalue weighted by molar-refractivity contribution is 0.234. The van der Waals surface area contributed by atoms with Crippen molar-refractivity contribution < 1.29 is 0 Å². The van der Waals surface area contributed by atoms with Crippen molar-refractivity contribution >= 4 is 0 Å². The minimum atomic E-state index is 0.412. The van der Waals surface area contributed by atoms with E-state index in [-0.39, 0.29) is 0 Å². The van der Waals surface area contributed by atoms with E-state index in [4.69, 9.17) is 11.6 Å². The van der Waals surface area contributed by atoms with Gasteiger partial charge in [-0.1, -0.05) is 63.0 Å². The minimum Gasteiger partial charge on any atom is -0.397 e. The van der Waals surface area contributed by atoms with Gasteiger partial charge in [0.2, 0.25) is 0 Å². The summed E-state index contributed by atoms with van der Waals surface area (Å²) < 4.78 is 0. The van der Waals surface area contributed by atoms with Crippen LogP contribution in [0.1, 0.15) is 51.9 Å². The zero-order chi connectivity index (χ0) is 14.8. The maximum Gasteiger partial charge on any atom is 0.0561 e. The van der Waals surface area contributed by atoms with E-state index in [1.165, 1.54) is 32.1 Å². The van der Waals surface area contributed by atoms with Crippen molar-refractivity contribution in [3.05, 3.63) is 48.4 Å². The number of rotatable bonds is 5. The maximum atomic E-state index is 6.20. The van der Waals surface area contributed by atoms with Crippen molar-refractivity contribution in [3.8, 4) is 0 Å². The lowest BCUT2D eigenvalue weighted by atomic mass is 9.96. The molecular weight excluding hydrogens is 246 g/mol. The molecule has 1 fully saturated rings. The van der Waals surface area contributed by atoms with Crippen LogP contribution >= 0.6 is 0 Å². The van der Waals surface area contributed by atoms with Gasteiger partial charge in [-0.15, -0.1) is 0 Å². The summed E-state index contributed by atoms with van der Waals surface area (Å²) >= 11 is 0. The van der Waals surface area contributed by atoms with E-state index in [1.54, 1.807) is 6.08 Å². The van der Waals surface area contributed by atoms with Gasteiger partial charge in [0, 0.05) is 12.2 Å². The Hall–Kier alpha value is -1.48. The molecule has 0 amide bonds. The van der Waals surface area contributed by atoms with Gasteiger partial charge in [-0.25, -0.2) is 5.84 Å². The molecule has 0 radical (unpaired) electrons. The molecular formula is C17H29N3. The topological polar surface area (TPSA) is 55.3 Å². The highest BCUT2D eigenvalue weighted by Gasteiger charge is 2.15. The summed E-state index contributed by atoms with van der Waals surface area (Å²) in [6, 6.07) is 0.412. The summed E-state index contributed by atoms with van der Waals surface area (Å²) in [4.78, 5) is 0. The minimum absolute atomic E-state index is 0.412. The van der Waals surface area contributed by atoms with Gasteiger partial charge in [0.15, 0.2) is 0 Å². The zero-order valence-corrected chi connectivity index (χ0v) is 12.7. The molecule has 0 aromatic rings. The van der Waals surface area contributed by atoms with Crippen molar-refractivity contribution in [2.24, 2.45) is 11.6 Å². The highest BCUT2D eigenvalue weighted by molar-refractivity contribution is 5.38. The van der Waals surface area contributed by atoms with Crippen molar-refractivity contribution in [2.45, 2.75) is 57.9 Å². The maximum absolute atomic E-state index is 6.20.